The van der Waals surface area contributed by atoms with Crippen molar-refractivity contribution in [2.45, 2.75) is 26.2 Å². The quantitative estimate of drug-likeness (QED) is 0.370. The summed E-state index contributed by atoms with van der Waals surface area (Å²) in [5.74, 6) is 0.794. The van der Waals surface area contributed by atoms with Crippen molar-refractivity contribution < 1.29 is 8.42 Å². The van der Waals surface area contributed by atoms with Crippen molar-refractivity contribution in [1.29, 1.82) is 0 Å². The lowest BCUT2D eigenvalue weighted by Crippen LogP contribution is -2.43. The lowest BCUT2D eigenvalue weighted by molar-refractivity contribution is 0.466. The Morgan fingerprint density at radius 2 is 2.08 bits per heavy atom. The number of rotatable bonds is 7. The number of unbranched alkanes of at least 4 members (excludes halogenated alkanes) is 1. The van der Waals surface area contributed by atoms with Gasteiger partial charge in [0.15, 0.2) is 5.96 Å². The zero-order valence-corrected chi connectivity index (χ0v) is 18.4. The van der Waals surface area contributed by atoms with Crippen LogP contribution in [0.3, 0.4) is 0 Å². The third kappa shape index (κ3) is 5.73. The van der Waals surface area contributed by atoms with Crippen molar-refractivity contribution >= 4 is 45.6 Å². The van der Waals surface area contributed by atoms with E-state index in [1.807, 2.05) is 36.2 Å². The zero-order chi connectivity index (χ0) is 17.6. The van der Waals surface area contributed by atoms with Crippen LogP contribution in [0.15, 0.2) is 29.3 Å². The van der Waals surface area contributed by atoms with Gasteiger partial charge in [-0.05, 0) is 24.5 Å². The number of para-hydroxylation sites is 1. The normalized spacial score (nSPS) is 14.0. The van der Waals surface area contributed by atoms with Crippen LogP contribution in [0.1, 0.15) is 25.3 Å². The van der Waals surface area contributed by atoms with Crippen LogP contribution in [-0.2, 0) is 16.4 Å². The zero-order valence-electron chi connectivity index (χ0n) is 15.2. The molecule has 1 aromatic rings. The van der Waals surface area contributed by atoms with Gasteiger partial charge in [0.05, 0.1) is 11.4 Å². The molecule has 1 heterocycles. The number of sulfonamides is 1. The number of anilines is 1. The monoisotopic (exact) mass is 480 g/mol. The predicted octanol–water partition coefficient (Wildman–Crippen LogP) is 2.30. The first-order valence-corrected chi connectivity index (χ1v) is 10.1. The summed E-state index contributed by atoms with van der Waals surface area (Å²) in [5, 5.41) is 3.15. The molecule has 0 aliphatic carbocycles. The highest BCUT2D eigenvalue weighted by atomic mass is 127. The van der Waals surface area contributed by atoms with Crippen LogP contribution in [0, 0.1) is 0 Å². The Morgan fingerprint density at radius 3 is 2.76 bits per heavy atom. The molecule has 0 radical (unpaired) electrons. The van der Waals surface area contributed by atoms with Crippen LogP contribution in [0.4, 0.5) is 5.69 Å². The second-order valence-corrected chi connectivity index (χ2v) is 8.03. The van der Waals surface area contributed by atoms with E-state index in [1.165, 1.54) is 4.31 Å². The maximum absolute atomic E-state index is 12.6. The number of guanidine groups is 1. The fourth-order valence-electron chi connectivity index (χ4n) is 2.88. The van der Waals surface area contributed by atoms with Gasteiger partial charge in [-0.3, -0.25) is 9.30 Å². The van der Waals surface area contributed by atoms with Gasteiger partial charge in [-0.25, -0.2) is 8.42 Å². The average Bonchev–Trinajstić information content (AvgIpc) is 3.01. The third-order valence-corrected chi connectivity index (χ3v) is 6.01. The van der Waals surface area contributed by atoms with E-state index in [9.17, 15) is 8.42 Å². The molecule has 0 amide bonds. The summed E-state index contributed by atoms with van der Waals surface area (Å²) in [6.45, 7) is 3.93. The molecule has 142 valence electrons. The number of hydrogen-bond donors (Lipinski definition) is 1. The Kier molecular flexibility index (Phi) is 8.98. The van der Waals surface area contributed by atoms with E-state index in [-0.39, 0.29) is 29.7 Å². The van der Waals surface area contributed by atoms with Crippen LogP contribution in [-0.4, -0.2) is 58.8 Å². The minimum absolute atomic E-state index is 0. The van der Waals surface area contributed by atoms with Crippen LogP contribution in [0.2, 0.25) is 0 Å². The molecule has 0 unspecified atom stereocenters. The Labute approximate surface area is 168 Å². The molecule has 0 saturated heterocycles. The van der Waals surface area contributed by atoms with Gasteiger partial charge in [-0.2, -0.15) is 0 Å². The van der Waals surface area contributed by atoms with Crippen LogP contribution in [0.25, 0.3) is 0 Å². The minimum atomic E-state index is -3.32. The van der Waals surface area contributed by atoms with E-state index in [4.69, 9.17) is 0 Å². The van der Waals surface area contributed by atoms with E-state index in [2.05, 4.69) is 17.2 Å². The summed E-state index contributed by atoms with van der Waals surface area (Å²) in [4.78, 5) is 6.25. The number of benzene rings is 1. The average molecular weight is 480 g/mol. The molecule has 0 atom stereocenters. The standard InChI is InChI=1S/C17H28N4O2S.HI/c1-4-5-12-20(3)17(18-2)19-11-14-24(22,23)21-13-10-15-8-6-7-9-16(15)21;/h6-9H,4-5,10-14H2,1-3H3,(H,18,19);1H. The summed E-state index contributed by atoms with van der Waals surface area (Å²) in [5.41, 5.74) is 1.92. The molecule has 2 rings (SSSR count). The molecule has 0 bridgehead atoms. The first-order valence-electron chi connectivity index (χ1n) is 8.49. The Hall–Kier alpha value is -1.03. The third-order valence-electron chi connectivity index (χ3n) is 4.24. The lowest BCUT2D eigenvalue weighted by Gasteiger charge is -2.23. The maximum atomic E-state index is 12.6. The van der Waals surface area contributed by atoms with Gasteiger partial charge in [0.2, 0.25) is 10.0 Å². The van der Waals surface area contributed by atoms with Gasteiger partial charge < -0.3 is 10.2 Å². The molecule has 25 heavy (non-hydrogen) atoms. The van der Waals surface area contributed by atoms with Crippen molar-refractivity contribution in [3.63, 3.8) is 0 Å². The van der Waals surface area contributed by atoms with E-state index < -0.39 is 10.0 Å². The highest BCUT2D eigenvalue weighted by Gasteiger charge is 2.28. The first kappa shape index (κ1) is 22.0. The van der Waals surface area contributed by atoms with Gasteiger partial charge >= 0.3 is 0 Å². The minimum Gasteiger partial charge on any atom is -0.355 e. The topological polar surface area (TPSA) is 65.0 Å². The fourth-order valence-corrected chi connectivity index (χ4v) is 4.31. The molecule has 1 aliphatic heterocycles. The number of nitrogens with one attached hydrogen (secondary N) is 1. The van der Waals surface area contributed by atoms with Crippen LogP contribution < -0.4 is 9.62 Å². The summed E-state index contributed by atoms with van der Waals surface area (Å²) in [6, 6.07) is 7.71. The Bertz CT molecular complexity index is 679. The van der Waals surface area contributed by atoms with Crippen molar-refractivity contribution in [3.8, 4) is 0 Å². The van der Waals surface area contributed by atoms with E-state index in [0.29, 0.717) is 13.1 Å². The second kappa shape index (κ2) is 10.2. The fraction of sp³-hybridized carbons (Fsp3) is 0.588. The number of halogens is 1. The molecule has 6 nitrogen and oxygen atoms in total. The number of aliphatic imine (C=N–C) groups is 1. The van der Waals surface area contributed by atoms with Gasteiger partial charge in [-0.15, -0.1) is 24.0 Å². The van der Waals surface area contributed by atoms with Crippen molar-refractivity contribution in [2.75, 3.05) is 43.8 Å². The van der Waals surface area contributed by atoms with E-state index in [0.717, 1.165) is 43.0 Å². The molecule has 0 aromatic heterocycles. The van der Waals surface area contributed by atoms with Gasteiger partial charge in [0.1, 0.15) is 0 Å². The largest absolute Gasteiger partial charge is 0.355 e. The Balaban J connectivity index is 0.00000312. The summed E-state index contributed by atoms with van der Waals surface area (Å²) in [7, 11) is 0.364. The summed E-state index contributed by atoms with van der Waals surface area (Å²) in [6.07, 6.45) is 2.98. The van der Waals surface area contributed by atoms with Crippen molar-refractivity contribution in [3.05, 3.63) is 29.8 Å². The molecular formula is C17H29IN4O2S. The van der Waals surface area contributed by atoms with E-state index >= 15 is 0 Å². The predicted molar refractivity (Wildman–Crippen MR) is 116 cm³/mol. The number of nitrogens with zero attached hydrogens (tertiary/aromatic N) is 3. The molecule has 1 aromatic carbocycles. The molecular weight excluding hydrogens is 451 g/mol. The van der Waals surface area contributed by atoms with Gasteiger partial charge in [-0.1, -0.05) is 31.5 Å². The van der Waals surface area contributed by atoms with Crippen molar-refractivity contribution in [1.82, 2.24) is 10.2 Å². The Morgan fingerprint density at radius 1 is 1.36 bits per heavy atom. The smallest absolute Gasteiger partial charge is 0.236 e. The van der Waals surface area contributed by atoms with E-state index in [1.54, 1.807) is 7.05 Å². The van der Waals surface area contributed by atoms with Crippen molar-refractivity contribution in [2.24, 2.45) is 4.99 Å². The second-order valence-electron chi connectivity index (χ2n) is 6.02. The summed E-state index contributed by atoms with van der Waals surface area (Å²) >= 11 is 0. The molecule has 1 N–H and O–H groups in total. The van der Waals surface area contributed by atoms with Gasteiger partial charge in [0, 0.05) is 33.7 Å². The van der Waals surface area contributed by atoms with Gasteiger partial charge in [0.25, 0.3) is 0 Å². The summed E-state index contributed by atoms with van der Waals surface area (Å²) < 4.78 is 26.8. The molecule has 0 saturated carbocycles. The highest BCUT2D eigenvalue weighted by molar-refractivity contribution is 14.0. The number of fused-ring (bicyclic) bond motifs is 1. The molecule has 1 aliphatic rings. The van der Waals surface area contributed by atoms with Crippen LogP contribution in [0.5, 0.6) is 0 Å². The maximum Gasteiger partial charge on any atom is 0.236 e. The molecule has 0 fully saturated rings. The number of hydrogen-bond acceptors (Lipinski definition) is 3. The highest BCUT2D eigenvalue weighted by Crippen LogP contribution is 2.29. The molecule has 8 heteroatoms. The first-order chi connectivity index (χ1) is 11.5. The lowest BCUT2D eigenvalue weighted by atomic mass is 10.2. The molecule has 0 spiro atoms. The van der Waals surface area contributed by atoms with Crippen LogP contribution >= 0.6 is 24.0 Å². The SMILES string of the molecule is CCCCN(C)C(=NC)NCCS(=O)(=O)N1CCc2ccccc21.I.